The summed E-state index contributed by atoms with van der Waals surface area (Å²) in [7, 11) is 0. The van der Waals surface area contributed by atoms with Crippen molar-refractivity contribution < 1.29 is 0 Å². The van der Waals surface area contributed by atoms with Crippen LogP contribution < -0.4 is 0 Å². The summed E-state index contributed by atoms with van der Waals surface area (Å²) in [6.07, 6.45) is 0. The Labute approximate surface area is 91.4 Å². The molecular weight excluding hydrogens is 238 g/mol. The predicted octanol–water partition coefficient (Wildman–Crippen LogP) is 4.69. The summed E-state index contributed by atoms with van der Waals surface area (Å²) in [5.74, 6) is 0.391. The molecule has 0 bridgehead atoms. The molecule has 12 heavy (non-hydrogen) atoms. The van der Waals surface area contributed by atoms with E-state index in [2.05, 4.69) is 0 Å². The van der Waals surface area contributed by atoms with E-state index in [1.54, 1.807) is 6.07 Å². The fourth-order valence-electron chi connectivity index (χ4n) is 0.874. The van der Waals surface area contributed by atoms with Crippen LogP contribution >= 0.6 is 46.4 Å². The standard InChI is InChI=1S/C8H6Cl4/c1-4-5(3-9)2-6(10)8(12)7(4)11/h2H,3H2,1H3. The van der Waals surface area contributed by atoms with Gasteiger partial charge in [-0.05, 0) is 24.1 Å². The molecule has 4 heteroatoms. The fourth-order valence-corrected chi connectivity index (χ4v) is 1.85. The van der Waals surface area contributed by atoms with Crippen molar-refractivity contribution in [3.8, 4) is 0 Å². The van der Waals surface area contributed by atoms with E-state index in [1.807, 2.05) is 6.92 Å². The summed E-state index contributed by atoms with van der Waals surface area (Å²) < 4.78 is 0. The second kappa shape index (κ2) is 4.06. The molecule has 1 aromatic rings. The van der Waals surface area contributed by atoms with Crippen LogP contribution in [0.1, 0.15) is 11.1 Å². The highest BCUT2D eigenvalue weighted by atomic mass is 35.5. The highest BCUT2D eigenvalue weighted by Crippen LogP contribution is 2.35. The minimum absolute atomic E-state index is 0.391. The molecular formula is C8H6Cl4. The maximum Gasteiger partial charge on any atom is 0.0781 e. The number of halogens is 4. The lowest BCUT2D eigenvalue weighted by Gasteiger charge is -2.07. The van der Waals surface area contributed by atoms with Crippen LogP contribution in [0.5, 0.6) is 0 Å². The van der Waals surface area contributed by atoms with Gasteiger partial charge in [0.05, 0.1) is 15.1 Å². The first kappa shape index (κ1) is 10.5. The third kappa shape index (κ3) is 1.82. The van der Waals surface area contributed by atoms with Crippen LogP contribution in [-0.4, -0.2) is 0 Å². The van der Waals surface area contributed by atoms with Crippen molar-refractivity contribution in [1.82, 2.24) is 0 Å². The zero-order valence-electron chi connectivity index (χ0n) is 6.30. The van der Waals surface area contributed by atoms with Gasteiger partial charge in [-0.2, -0.15) is 0 Å². The Bertz CT molecular complexity index is 306. The molecule has 0 heterocycles. The third-order valence-electron chi connectivity index (χ3n) is 1.66. The van der Waals surface area contributed by atoms with Crippen molar-refractivity contribution in [1.29, 1.82) is 0 Å². The Balaban J connectivity index is 3.39. The average Bonchev–Trinajstić information content (AvgIpc) is 2.08. The number of rotatable bonds is 1. The minimum atomic E-state index is 0.391. The summed E-state index contributed by atoms with van der Waals surface area (Å²) in [6, 6.07) is 1.73. The van der Waals surface area contributed by atoms with E-state index in [4.69, 9.17) is 46.4 Å². The molecule has 0 aliphatic heterocycles. The lowest BCUT2D eigenvalue weighted by atomic mass is 10.1. The molecule has 1 aromatic carbocycles. The van der Waals surface area contributed by atoms with Gasteiger partial charge in [0.1, 0.15) is 0 Å². The number of hydrogen-bond acceptors (Lipinski definition) is 0. The molecule has 66 valence electrons. The molecule has 0 spiro atoms. The molecule has 0 nitrogen and oxygen atoms in total. The van der Waals surface area contributed by atoms with Gasteiger partial charge in [0.25, 0.3) is 0 Å². The summed E-state index contributed by atoms with van der Waals surface area (Å²) in [5.41, 5.74) is 1.80. The first-order valence-electron chi connectivity index (χ1n) is 3.27. The van der Waals surface area contributed by atoms with E-state index in [1.165, 1.54) is 0 Å². The lowest BCUT2D eigenvalue weighted by molar-refractivity contribution is 1.30. The van der Waals surface area contributed by atoms with Gasteiger partial charge in [0.15, 0.2) is 0 Å². The van der Waals surface area contributed by atoms with E-state index >= 15 is 0 Å². The van der Waals surface area contributed by atoms with Gasteiger partial charge in [0, 0.05) is 5.88 Å². The SMILES string of the molecule is Cc1c(CCl)cc(Cl)c(Cl)c1Cl. The summed E-state index contributed by atoms with van der Waals surface area (Å²) in [6.45, 7) is 1.86. The second-order valence-electron chi connectivity index (χ2n) is 2.40. The molecule has 0 aliphatic carbocycles. The Morgan fingerprint density at radius 1 is 1.17 bits per heavy atom. The zero-order valence-corrected chi connectivity index (χ0v) is 9.32. The Morgan fingerprint density at radius 2 is 1.75 bits per heavy atom. The van der Waals surface area contributed by atoms with Crippen molar-refractivity contribution in [3.05, 3.63) is 32.3 Å². The molecule has 0 aromatic heterocycles. The van der Waals surface area contributed by atoms with Gasteiger partial charge in [0.2, 0.25) is 0 Å². The van der Waals surface area contributed by atoms with Crippen molar-refractivity contribution in [2.24, 2.45) is 0 Å². The highest BCUT2D eigenvalue weighted by molar-refractivity contribution is 6.48. The van der Waals surface area contributed by atoms with E-state index in [-0.39, 0.29) is 0 Å². The van der Waals surface area contributed by atoms with Gasteiger partial charge in [-0.1, -0.05) is 34.8 Å². The third-order valence-corrected chi connectivity index (χ3v) is 3.30. The van der Waals surface area contributed by atoms with Crippen molar-refractivity contribution >= 4 is 46.4 Å². The van der Waals surface area contributed by atoms with Gasteiger partial charge in [-0.15, -0.1) is 11.6 Å². The fraction of sp³-hybridized carbons (Fsp3) is 0.250. The second-order valence-corrected chi connectivity index (χ2v) is 3.83. The summed E-state index contributed by atoms with van der Waals surface area (Å²) in [5, 5.41) is 1.33. The van der Waals surface area contributed by atoms with Crippen molar-refractivity contribution in [2.75, 3.05) is 0 Å². The van der Waals surface area contributed by atoms with Gasteiger partial charge in [-0.25, -0.2) is 0 Å². The Hall–Kier alpha value is 0.380. The zero-order chi connectivity index (χ0) is 9.30. The van der Waals surface area contributed by atoms with Crippen molar-refractivity contribution in [3.63, 3.8) is 0 Å². The molecule has 0 fully saturated rings. The highest BCUT2D eigenvalue weighted by Gasteiger charge is 2.10. The largest absolute Gasteiger partial charge is 0.122 e. The van der Waals surface area contributed by atoms with Crippen LogP contribution in [0.15, 0.2) is 6.07 Å². The Kier molecular flexibility index (Phi) is 3.54. The first-order chi connectivity index (χ1) is 5.57. The molecule has 0 saturated carbocycles. The van der Waals surface area contributed by atoms with Gasteiger partial charge >= 0.3 is 0 Å². The molecule has 0 radical (unpaired) electrons. The van der Waals surface area contributed by atoms with E-state index in [9.17, 15) is 0 Å². The van der Waals surface area contributed by atoms with Crippen LogP contribution in [0.25, 0.3) is 0 Å². The monoisotopic (exact) mass is 242 g/mol. The molecule has 0 amide bonds. The van der Waals surface area contributed by atoms with E-state index in [0.717, 1.165) is 11.1 Å². The smallest absolute Gasteiger partial charge is 0.0781 e. The van der Waals surface area contributed by atoms with Crippen molar-refractivity contribution in [2.45, 2.75) is 12.8 Å². The molecule has 0 saturated heterocycles. The maximum absolute atomic E-state index is 5.89. The molecule has 0 N–H and O–H groups in total. The Morgan fingerprint density at radius 3 is 2.25 bits per heavy atom. The number of hydrogen-bond donors (Lipinski definition) is 0. The predicted molar refractivity (Wildman–Crippen MR) is 55.8 cm³/mol. The average molecular weight is 244 g/mol. The van der Waals surface area contributed by atoms with Crippen LogP contribution in [-0.2, 0) is 5.88 Å². The van der Waals surface area contributed by atoms with Gasteiger partial charge in [-0.3, -0.25) is 0 Å². The summed E-state index contributed by atoms with van der Waals surface area (Å²) in [4.78, 5) is 0. The normalized spacial score (nSPS) is 10.4. The summed E-state index contributed by atoms with van der Waals surface area (Å²) >= 11 is 23.2. The van der Waals surface area contributed by atoms with Gasteiger partial charge < -0.3 is 0 Å². The molecule has 0 unspecified atom stereocenters. The van der Waals surface area contributed by atoms with Crippen LogP contribution in [0, 0.1) is 6.92 Å². The molecule has 1 rings (SSSR count). The first-order valence-corrected chi connectivity index (χ1v) is 4.93. The maximum atomic E-state index is 5.89. The van der Waals surface area contributed by atoms with E-state index < -0.39 is 0 Å². The van der Waals surface area contributed by atoms with Crippen LogP contribution in [0.4, 0.5) is 0 Å². The topological polar surface area (TPSA) is 0 Å². The minimum Gasteiger partial charge on any atom is -0.122 e. The molecule has 0 atom stereocenters. The van der Waals surface area contributed by atoms with E-state index in [0.29, 0.717) is 20.9 Å². The van der Waals surface area contributed by atoms with Crippen LogP contribution in [0.3, 0.4) is 0 Å². The number of alkyl halides is 1. The van der Waals surface area contributed by atoms with Crippen LogP contribution in [0.2, 0.25) is 15.1 Å². The molecule has 0 aliphatic rings. The number of benzene rings is 1. The lowest BCUT2D eigenvalue weighted by Crippen LogP contribution is -1.87. The quantitative estimate of drug-likeness (QED) is 0.496.